The highest BCUT2D eigenvalue weighted by molar-refractivity contribution is 7.90. The molecular weight excluding hydrogens is 482 g/mol. The summed E-state index contributed by atoms with van der Waals surface area (Å²) in [4.78, 5) is 15.1. The predicted octanol–water partition coefficient (Wildman–Crippen LogP) is 4.09. The highest BCUT2D eigenvalue weighted by Crippen LogP contribution is 2.36. The maximum atomic E-state index is 13.3. The van der Waals surface area contributed by atoms with Crippen LogP contribution in [0.2, 0.25) is 0 Å². The Kier molecular flexibility index (Phi) is 6.08. The van der Waals surface area contributed by atoms with Gasteiger partial charge in [0, 0.05) is 60.4 Å². The molecule has 0 amide bonds. The van der Waals surface area contributed by atoms with Crippen molar-refractivity contribution in [3.8, 4) is 22.4 Å². The molecule has 5 aromatic rings. The molecular formula is C25H21N5O5S. The van der Waals surface area contributed by atoms with Gasteiger partial charge in [-0.3, -0.25) is 14.8 Å². The van der Waals surface area contributed by atoms with E-state index in [1.807, 2.05) is 6.20 Å². The largest absolute Gasteiger partial charge is 0.396 e. The molecule has 2 aromatic carbocycles. The second-order valence-electron chi connectivity index (χ2n) is 8.06. The van der Waals surface area contributed by atoms with Gasteiger partial charge in [0.25, 0.3) is 15.7 Å². The zero-order chi connectivity index (χ0) is 25.3. The standard InChI is InChI=1S/C25H21N5O5S/c31-16-4-14-28-17-23(24(27-28)18-7-9-19(10-8-18)30(32)33)21-11-13-26-25-22(21)12-15-29(25)36(34,35)20-5-2-1-3-6-20/h1-3,5-13,15,17,31H,4,14,16H2. The quantitative estimate of drug-likeness (QED) is 0.249. The first-order chi connectivity index (χ1) is 17.4. The van der Waals surface area contributed by atoms with Gasteiger partial charge in [-0.1, -0.05) is 18.2 Å². The van der Waals surface area contributed by atoms with Crippen LogP contribution in [0, 0.1) is 10.1 Å². The Bertz CT molecular complexity index is 1660. The van der Waals surface area contributed by atoms with E-state index in [-0.39, 0.29) is 22.8 Å². The van der Waals surface area contributed by atoms with E-state index in [2.05, 4.69) is 10.1 Å². The van der Waals surface area contributed by atoms with Gasteiger partial charge in [0.2, 0.25) is 0 Å². The molecule has 0 aliphatic carbocycles. The summed E-state index contributed by atoms with van der Waals surface area (Å²) in [6, 6.07) is 17.7. The summed E-state index contributed by atoms with van der Waals surface area (Å²) in [6.07, 6.45) is 5.34. The average Bonchev–Trinajstić information content (AvgIpc) is 3.53. The Balaban J connectivity index is 1.67. The number of nitrogens with zero attached hydrogens (tertiary/aromatic N) is 5. The number of fused-ring (bicyclic) bond motifs is 1. The molecule has 36 heavy (non-hydrogen) atoms. The van der Waals surface area contributed by atoms with Crippen molar-refractivity contribution in [1.29, 1.82) is 0 Å². The molecule has 0 radical (unpaired) electrons. The molecule has 0 atom stereocenters. The summed E-state index contributed by atoms with van der Waals surface area (Å²) in [5, 5.41) is 25.6. The number of nitro groups is 1. The van der Waals surface area contributed by atoms with E-state index >= 15 is 0 Å². The monoisotopic (exact) mass is 503 g/mol. The van der Waals surface area contributed by atoms with Crippen molar-refractivity contribution >= 4 is 26.7 Å². The van der Waals surface area contributed by atoms with Gasteiger partial charge in [0.05, 0.1) is 9.82 Å². The number of hydrogen-bond acceptors (Lipinski definition) is 7. The second kappa shape index (κ2) is 9.36. The van der Waals surface area contributed by atoms with E-state index in [9.17, 15) is 23.6 Å². The van der Waals surface area contributed by atoms with Crippen LogP contribution in [-0.4, -0.2) is 43.8 Å². The number of hydrogen-bond donors (Lipinski definition) is 1. The van der Waals surface area contributed by atoms with Crippen LogP contribution in [0.4, 0.5) is 5.69 Å². The number of rotatable bonds is 8. The minimum atomic E-state index is -3.86. The van der Waals surface area contributed by atoms with Gasteiger partial charge in [0.15, 0.2) is 5.65 Å². The van der Waals surface area contributed by atoms with Crippen molar-refractivity contribution in [1.82, 2.24) is 18.7 Å². The number of benzene rings is 2. The summed E-state index contributed by atoms with van der Waals surface area (Å²) in [5.41, 5.74) is 2.91. The number of aromatic nitrogens is 4. The fourth-order valence-corrected chi connectivity index (χ4v) is 5.39. The predicted molar refractivity (Wildman–Crippen MR) is 134 cm³/mol. The van der Waals surface area contributed by atoms with E-state index in [1.54, 1.807) is 53.3 Å². The normalized spacial score (nSPS) is 11.7. The van der Waals surface area contributed by atoms with E-state index in [0.29, 0.717) is 40.7 Å². The first-order valence-corrected chi connectivity index (χ1v) is 12.5. The number of pyridine rings is 1. The summed E-state index contributed by atoms with van der Waals surface area (Å²) < 4.78 is 29.4. The van der Waals surface area contributed by atoms with Crippen molar-refractivity contribution in [2.24, 2.45) is 0 Å². The molecule has 0 spiro atoms. The lowest BCUT2D eigenvalue weighted by Gasteiger charge is -2.08. The number of non-ortho nitro benzene ring substituents is 1. The molecule has 182 valence electrons. The van der Waals surface area contributed by atoms with Gasteiger partial charge in [-0.15, -0.1) is 0 Å². The Hall–Kier alpha value is -4.35. The molecule has 0 saturated carbocycles. The van der Waals surface area contributed by atoms with Crippen LogP contribution in [0.5, 0.6) is 0 Å². The summed E-state index contributed by atoms with van der Waals surface area (Å²) in [6.45, 7) is 0.468. The van der Waals surface area contributed by atoms with Crippen molar-refractivity contribution in [3.05, 3.63) is 95.4 Å². The first kappa shape index (κ1) is 23.4. The molecule has 0 unspecified atom stereocenters. The van der Waals surface area contributed by atoms with Crippen LogP contribution in [0.1, 0.15) is 6.42 Å². The van der Waals surface area contributed by atoms with E-state index in [1.165, 1.54) is 30.5 Å². The smallest absolute Gasteiger partial charge is 0.269 e. The Morgan fingerprint density at radius 1 is 0.972 bits per heavy atom. The molecule has 3 heterocycles. The molecule has 0 aliphatic heterocycles. The lowest BCUT2D eigenvalue weighted by Crippen LogP contribution is -2.12. The number of aliphatic hydroxyl groups excluding tert-OH is 1. The summed E-state index contributed by atoms with van der Waals surface area (Å²) >= 11 is 0. The third-order valence-corrected chi connectivity index (χ3v) is 7.48. The summed E-state index contributed by atoms with van der Waals surface area (Å²) in [7, 11) is -3.86. The van der Waals surface area contributed by atoms with Gasteiger partial charge in [0.1, 0.15) is 5.69 Å². The van der Waals surface area contributed by atoms with Crippen molar-refractivity contribution in [2.75, 3.05) is 6.61 Å². The summed E-state index contributed by atoms with van der Waals surface area (Å²) in [5.74, 6) is 0. The second-order valence-corrected chi connectivity index (χ2v) is 9.88. The average molecular weight is 504 g/mol. The maximum absolute atomic E-state index is 13.3. The highest BCUT2D eigenvalue weighted by Gasteiger charge is 2.22. The zero-order valence-corrected chi connectivity index (χ0v) is 19.7. The number of aliphatic hydroxyl groups is 1. The molecule has 0 bridgehead atoms. The lowest BCUT2D eigenvalue weighted by molar-refractivity contribution is -0.384. The van der Waals surface area contributed by atoms with Gasteiger partial charge < -0.3 is 5.11 Å². The van der Waals surface area contributed by atoms with Crippen LogP contribution >= 0.6 is 0 Å². The topological polar surface area (TPSA) is 133 Å². The zero-order valence-electron chi connectivity index (χ0n) is 18.9. The molecule has 5 rings (SSSR count). The third-order valence-electron chi connectivity index (χ3n) is 5.80. The molecule has 11 heteroatoms. The van der Waals surface area contributed by atoms with Gasteiger partial charge in [-0.2, -0.15) is 5.10 Å². The molecule has 0 saturated heterocycles. The van der Waals surface area contributed by atoms with Gasteiger partial charge >= 0.3 is 0 Å². The first-order valence-electron chi connectivity index (χ1n) is 11.1. The van der Waals surface area contributed by atoms with Gasteiger partial charge in [-0.25, -0.2) is 17.4 Å². The Labute approximate surface area is 206 Å². The molecule has 10 nitrogen and oxygen atoms in total. The fraction of sp³-hybridized carbons (Fsp3) is 0.120. The highest BCUT2D eigenvalue weighted by atomic mass is 32.2. The lowest BCUT2D eigenvalue weighted by atomic mass is 10.0. The molecule has 3 aromatic heterocycles. The van der Waals surface area contributed by atoms with E-state index in [0.717, 1.165) is 3.97 Å². The Morgan fingerprint density at radius 3 is 2.42 bits per heavy atom. The van der Waals surface area contributed by atoms with Crippen LogP contribution in [0.3, 0.4) is 0 Å². The number of aryl methyl sites for hydroxylation is 1. The van der Waals surface area contributed by atoms with Crippen LogP contribution in [-0.2, 0) is 16.6 Å². The number of nitro benzene ring substituents is 1. The molecule has 0 fully saturated rings. The minimum Gasteiger partial charge on any atom is -0.396 e. The van der Waals surface area contributed by atoms with Crippen LogP contribution < -0.4 is 0 Å². The van der Waals surface area contributed by atoms with E-state index < -0.39 is 14.9 Å². The van der Waals surface area contributed by atoms with Crippen molar-refractivity contribution in [3.63, 3.8) is 0 Å². The molecule has 0 aliphatic rings. The van der Waals surface area contributed by atoms with E-state index in [4.69, 9.17) is 0 Å². The maximum Gasteiger partial charge on any atom is 0.269 e. The minimum absolute atomic E-state index is 0.00174. The van der Waals surface area contributed by atoms with Crippen LogP contribution in [0.25, 0.3) is 33.4 Å². The SMILES string of the molecule is O=[N+]([O-])c1ccc(-c2nn(CCCO)cc2-c2ccnc3c2ccn3S(=O)(=O)c2ccccc2)cc1. The van der Waals surface area contributed by atoms with Crippen molar-refractivity contribution in [2.45, 2.75) is 17.9 Å². The van der Waals surface area contributed by atoms with Crippen LogP contribution in [0.15, 0.2) is 90.2 Å². The van der Waals surface area contributed by atoms with Crippen molar-refractivity contribution < 1.29 is 18.4 Å². The third kappa shape index (κ3) is 4.14. The Morgan fingerprint density at radius 2 is 1.72 bits per heavy atom. The fourth-order valence-electron chi connectivity index (χ4n) is 4.07. The van der Waals surface area contributed by atoms with Gasteiger partial charge in [-0.05, 0) is 48.4 Å². The molecule has 1 N–H and O–H groups in total.